The predicted molar refractivity (Wildman–Crippen MR) is 248 cm³/mol. The molecular weight excluding hydrogens is 867 g/mol. The molecule has 6 aromatic rings. The van der Waals surface area contributed by atoms with E-state index in [4.69, 9.17) is 14.2 Å². The van der Waals surface area contributed by atoms with Gasteiger partial charge in [-0.25, -0.2) is 27.8 Å². The van der Waals surface area contributed by atoms with E-state index < -0.39 is 62.9 Å². The van der Waals surface area contributed by atoms with Gasteiger partial charge in [-0.05, 0) is 80.1 Å². The molecule has 2 heterocycles. The number of halogens is 2. The van der Waals surface area contributed by atoms with E-state index >= 15 is 4.39 Å². The van der Waals surface area contributed by atoms with E-state index in [1.165, 1.54) is 24.5 Å². The van der Waals surface area contributed by atoms with Crippen molar-refractivity contribution in [1.29, 1.82) is 0 Å². The molecule has 3 amide bonds. The maximum absolute atomic E-state index is 15.2. The summed E-state index contributed by atoms with van der Waals surface area (Å²) >= 11 is 0. The fraction of sp³-hybridized carbons (Fsp3) is 0.260. The van der Waals surface area contributed by atoms with E-state index in [2.05, 4.69) is 30.3 Å². The number of nitrogens with zero attached hydrogens (tertiary/aromatic N) is 3. The molecule has 0 saturated carbocycles. The highest BCUT2D eigenvalue weighted by Crippen LogP contribution is 2.37. The Morgan fingerprint density at radius 3 is 2.05 bits per heavy atom. The number of benzene rings is 5. The average Bonchev–Trinajstić information content (AvgIpc) is 3.27. The number of aromatic nitrogens is 2. The Morgan fingerprint density at radius 2 is 1.44 bits per heavy atom. The van der Waals surface area contributed by atoms with Gasteiger partial charge in [0.25, 0.3) is 5.91 Å². The summed E-state index contributed by atoms with van der Waals surface area (Å²) in [4.78, 5) is 50.4. The molecule has 0 unspecified atom stereocenters. The SMILES string of the molecule is CC(C)(C)OC(=O)N[C@@H](CC(=O)NC(c1ccccc1)(c1ccccc1)c1ccccc1)C(=O)N=[S@@](C)(=O)Cc1cc2cc(c1)OCCCCOc1cc(F)ccc1-c1nc(ncc1F)N2. The van der Waals surface area contributed by atoms with Gasteiger partial charge in [0.05, 0.1) is 41.3 Å². The number of hydrogen-bond acceptors (Lipinski definition) is 10. The van der Waals surface area contributed by atoms with Gasteiger partial charge in [0.1, 0.15) is 40.2 Å². The maximum Gasteiger partial charge on any atom is 0.408 e. The van der Waals surface area contributed by atoms with E-state index in [9.17, 15) is 23.0 Å². The first-order valence-corrected chi connectivity index (χ1v) is 23.4. The molecule has 3 N–H and O–H groups in total. The van der Waals surface area contributed by atoms with Crippen molar-refractivity contribution in [3.63, 3.8) is 0 Å². The number of hydrogen-bond donors (Lipinski definition) is 3. The topological polar surface area (TPSA) is 170 Å². The number of carbonyl (C=O) groups excluding carboxylic acids is 3. The quantitative estimate of drug-likeness (QED) is 0.113. The minimum atomic E-state index is -3.44. The lowest BCUT2D eigenvalue weighted by molar-refractivity contribution is -0.127. The number of nitrogens with one attached hydrogen (secondary N) is 3. The average molecular weight is 917 g/mol. The van der Waals surface area contributed by atoms with E-state index in [0.29, 0.717) is 29.8 Å². The Morgan fingerprint density at radius 1 is 0.833 bits per heavy atom. The molecule has 7 rings (SSSR count). The maximum atomic E-state index is 15.2. The molecular formula is C50H50F2N6O7S. The highest BCUT2D eigenvalue weighted by Gasteiger charge is 2.39. The molecule has 16 heteroatoms. The normalized spacial score (nSPS) is 14.2. The highest BCUT2D eigenvalue weighted by molar-refractivity contribution is 7.92. The lowest BCUT2D eigenvalue weighted by Gasteiger charge is -2.37. The summed E-state index contributed by atoms with van der Waals surface area (Å²) in [6, 6.07) is 35.2. The zero-order valence-electron chi connectivity index (χ0n) is 36.9. The first-order chi connectivity index (χ1) is 31.6. The summed E-state index contributed by atoms with van der Waals surface area (Å²) in [5.41, 5.74) is 0.956. The second-order valence-corrected chi connectivity index (χ2v) is 19.1. The van der Waals surface area contributed by atoms with Crippen LogP contribution in [0.15, 0.2) is 138 Å². The third-order valence-corrected chi connectivity index (χ3v) is 11.7. The molecule has 0 aliphatic carbocycles. The molecule has 2 atom stereocenters. The van der Waals surface area contributed by atoms with Crippen molar-refractivity contribution in [1.82, 2.24) is 20.6 Å². The van der Waals surface area contributed by atoms with Gasteiger partial charge in [-0.1, -0.05) is 91.0 Å². The Bertz CT molecular complexity index is 2720. The Balaban J connectivity index is 1.20. The molecule has 66 heavy (non-hydrogen) atoms. The van der Waals surface area contributed by atoms with E-state index in [0.717, 1.165) is 22.9 Å². The summed E-state index contributed by atoms with van der Waals surface area (Å²) in [7, 11) is -3.44. The summed E-state index contributed by atoms with van der Waals surface area (Å²) in [6.07, 6.45) is 1.77. The van der Waals surface area contributed by atoms with Crippen molar-refractivity contribution >= 4 is 39.3 Å². The number of carbonyl (C=O) groups is 3. The van der Waals surface area contributed by atoms with Gasteiger partial charge in [-0.2, -0.15) is 4.36 Å². The van der Waals surface area contributed by atoms with Crippen LogP contribution in [-0.4, -0.2) is 63.2 Å². The van der Waals surface area contributed by atoms with Crippen LogP contribution in [0.5, 0.6) is 11.5 Å². The highest BCUT2D eigenvalue weighted by atomic mass is 32.2. The Hall–Kier alpha value is -7.20. The molecule has 0 saturated heterocycles. The third kappa shape index (κ3) is 11.9. The van der Waals surface area contributed by atoms with Gasteiger partial charge >= 0.3 is 6.09 Å². The van der Waals surface area contributed by atoms with Crippen LogP contribution in [0.4, 0.5) is 25.2 Å². The number of anilines is 2. The summed E-state index contributed by atoms with van der Waals surface area (Å²) in [5.74, 6) is -2.73. The Labute approximate surface area is 382 Å². The smallest absolute Gasteiger partial charge is 0.408 e. The lowest BCUT2D eigenvalue weighted by atomic mass is 9.77. The van der Waals surface area contributed by atoms with E-state index in [1.807, 2.05) is 91.0 Å². The summed E-state index contributed by atoms with van der Waals surface area (Å²) in [6.45, 7) is 5.41. The van der Waals surface area contributed by atoms with Gasteiger partial charge in [0, 0.05) is 29.6 Å². The van der Waals surface area contributed by atoms with Crippen LogP contribution in [0.1, 0.15) is 62.3 Å². The van der Waals surface area contributed by atoms with Crippen molar-refractivity contribution in [2.75, 3.05) is 24.8 Å². The van der Waals surface area contributed by atoms with Gasteiger partial charge in [-0.3, -0.25) is 9.59 Å². The van der Waals surface area contributed by atoms with E-state index in [-0.39, 0.29) is 41.9 Å². The first-order valence-electron chi connectivity index (χ1n) is 21.3. The zero-order chi connectivity index (χ0) is 46.9. The Kier molecular flexibility index (Phi) is 14.4. The minimum Gasteiger partial charge on any atom is -0.494 e. The molecule has 1 aliphatic rings. The fourth-order valence-corrected chi connectivity index (χ4v) is 8.86. The summed E-state index contributed by atoms with van der Waals surface area (Å²) in [5, 5.41) is 8.75. The fourth-order valence-electron chi connectivity index (χ4n) is 7.50. The molecule has 342 valence electrons. The number of rotatable bonds is 10. The van der Waals surface area contributed by atoms with Crippen LogP contribution >= 0.6 is 0 Å². The number of ether oxygens (including phenoxy) is 3. The number of alkyl carbamates (subject to hydrolysis) is 1. The van der Waals surface area contributed by atoms with Gasteiger partial charge in [0.2, 0.25) is 11.9 Å². The molecule has 1 aliphatic heterocycles. The van der Waals surface area contributed by atoms with Crippen molar-refractivity contribution in [3.8, 4) is 22.8 Å². The van der Waals surface area contributed by atoms with Crippen molar-refractivity contribution < 1.29 is 41.6 Å². The van der Waals surface area contributed by atoms with Crippen LogP contribution in [0.3, 0.4) is 0 Å². The van der Waals surface area contributed by atoms with Gasteiger partial charge in [0.15, 0.2) is 5.82 Å². The second-order valence-electron chi connectivity index (χ2n) is 16.8. The van der Waals surface area contributed by atoms with Crippen LogP contribution in [0.25, 0.3) is 11.3 Å². The van der Waals surface area contributed by atoms with Crippen LogP contribution in [0.2, 0.25) is 0 Å². The molecule has 13 nitrogen and oxygen atoms in total. The molecule has 4 bridgehead atoms. The predicted octanol–water partition coefficient (Wildman–Crippen LogP) is 9.23. The van der Waals surface area contributed by atoms with Crippen LogP contribution in [0, 0.1) is 11.6 Å². The standard InChI is InChI=1S/C50H50F2N6O7S/c1-49(2,3)65-48(61)55-42(30-44(59)57-50(34-16-8-5-9-17-34,35-18-10-6-11-19-35)36-20-12-7-13-21-36)46(60)58-66(4,62)32-33-26-38-29-39(27-33)63-24-14-15-25-64-43-28-37(51)22-23-40(43)45-41(52)31-53-47(54-38)56-45/h5-13,16-23,26-29,31,42H,14-15,24-25,30,32H2,1-4H3,(H,55,61)(H,57,59)(H,53,54,56)/t42-,66-/m0/s1. The molecule has 5 aromatic carbocycles. The second kappa shape index (κ2) is 20.3. The lowest BCUT2D eigenvalue weighted by Crippen LogP contribution is -2.51. The minimum absolute atomic E-state index is 0.0121. The third-order valence-electron chi connectivity index (χ3n) is 10.3. The molecule has 0 fully saturated rings. The van der Waals surface area contributed by atoms with Crippen LogP contribution in [-0.2, 0) is 35.3 Å². The van der Waals surface area contributed by atoms with Gasteiger partial charge in [-0.15, -0.1) is 0 Å². The van der Waals surface area contributed by atoms with Crippen molar-refractivity contribution in [3.05, 3.63) is 167 Å². The van der Waals surface area contributed by atoms with Crippen molar-refractivity contribution in [2.24, 2.45) is 4.36 Å². The first kappa shape index (κ1) is 46.8. The number of amides is 3. The van der Waals surface area contributed by atoms with Crippen molar-refractivity contribution in [2.45, 2.75) is 63.0 Å². The molecule has 0 radical (unpaired) electrons. The monoisotopic (exact) mass is 916 g/mol. The zero-order valence-corrected chi connectivity index (χ0v) is 37.7. The molecule has 1 aromatic heterocycles. The largest absolute Gasteiger partial charge is 0.494 e. The van der Waals surface area contributed by atoms with Gasteiger partial charge < -0.3 is 30.2 Å². The number of fused-ring (bicyclic) bond motifs is 6. The molecule has 0 spiro atoms. The van der Waals surface area contributed by atoms with E-state index in [1.54, 1.807) is 39.0 Å². The van der Waals surface area contributed by atoms with Crippen LogP contribution < -0.4 is 25.4 Å². The summed E-state index contributed by atoms with van der Waals surface area (Å²) < 4.78 is 65.4.